The van der Waals surface area contributed by atoms with Crippen molar-refractivity contribution in [3.05, 3.63) is 29.8 Å². The number of rotatable bonds is 2. The molecular weight excluding hydrogens is 297 g/mol. The molecule has 0 radical (unpaired) electrons. The van der Waals surface area contributed by atoms with E-state index in [0.717, 1.165) is 12.1 Å². The Kier molecular flexibility index (Phi) is 4.36. The fraction of sp³-hybridized carbons (Fsp3) is 0.333. The summed E-state index contributed by atoms with van der Waals surface area (Å²) in [4.78, 5) is 0. The van der Waals surface area contributed by atoms with Crippen LogP contribution in [0.15, 0.2) is 24.3 Å². The average Bonchev–Trinajstić information content (AvgIpc) is 2.25. The SMILES string of the molecule is CC(C)(O)C#Cc1ccc(OS(=O)(=O)C(F)(F)F)cc1. The third kappa shape index (κ3) is 4.75. The van der Waals surface area contributed by atoms with E-state index < -0.39 is 27.0 Å². The molecule has 0 atom stereocenters. The van der Waals surface area contributed by atoms with Crippen molar-refractivity contribution < 1.29 is 30.9 Å². The van der Waals surface area contributed by atoms with Crippen LogP contribution in [0.25, 0.3) is 0 Å². The molecule has 0 fully saturated rings. The van der Waals surface area contributed by atoms with Gasteiger partial charge in [0.15, 0.2) is 0 Å². The smallest absolute Gasteiger partial charge is 0.378 e. The first-order valence-electron chi connectivity index (χ1n) is 5.27. The van der Waals surface area contributed by atoms with Gasteiger partial charge in [0.25, 0.3) is 0 Å². The first kappa shape index (κ1) is 16.3. The van der Waals surface area contributed by atoms with E-state index in [2.05, 4.69) is 16.0 Å². The highest BCUT2D eigenvalue weighted by Gasteiger charge is 2.48. The van der Waals surface area contributed by atoms with Crippen LogP contribution in [-0.4, -0.2) is 24.6 Å². The van der Waals surface area contributed by atoms with Gasteiger partial charge in [0.1, 0.15) is 11.4 Å². The molecule has 0 saturated heterocycles. The van der Waals surface area contributed by atoms with Crippen LogP contribution in [-0.2, 0) is 10.1 Å². The zero-order chi connectivity index (χ0) is 15.6. The molecule has 0 unspecified atom stereocenters. The molecule has 0 aliphatic carbocycles. The zero-order valence-electron chi connectivity index (χ0n) is 10.5. The van der Waals surface area contributed by atoms with Crippen molar-refractivity contribution in [1.82, 2.24) is 0 Å². The van der Waals surface area contributed by atoms with E-state index in [9.17, 15) is 26.7 Å². The van der Waals surface area contributed by atoms with E-state index in [1.165, 1.54) is 26.0 Å². The topological polar surface area (TPSA) is 63.6 Å². The minimum Gasteiger partial charge on any atom is -0.378 e. The van der Waals surface area contributed by atoms with Gasteiger partial charge in [-0.2, -0.15) is 21.6 Å². The van der Waals surface area contributed by atoms with Crippen molar-refractivity contribution in [3.8, 4) is 17.6 Å². The molecule has 4 nitrogen and oxygen atoms in total. The van der Waals surface area contributed by atoms with Crippen molar-refractivity contribution in [1.29, 1.82) is 0 Å². The summed E-state index contributed by atoms with van der Waals surface area (Å²) >= 11 is 0. The van der Waals surface area contributed by atoms with Crippen molar-refractivity contribution in [2.24, 2.45) is 0 Å². The molecule has 0 spiro atoms. The van der Waals surface area contributed by atoms with Crippen LogP contribution in [0.3, 0.4) is 0 Å². The van der Waals surface area contributed by atoms with Crippen molar-refractivity contribution in [2.45, 2.75) is 25.0 Å². The number of aliphatic hydroxyl groups is 1. The first-order valence-corrected chi connectivity index (χ1v) is 6.68. The van der Waals surface area contributed by atoms with Crippen LogP contribution < -0.4 is 4.18 Å². The number of hydrogen-bond acceptors (Lipinski definition) is 4. The quantitative estimate of drug-likeness (QED) is 0.516. The van der Waals surface area contributed by atoms with Gasteiger partial charge in [0, 0.05) is 5.56 Å². The van der Waals surface area contributed by atoms with E-state index in [4.69, 9.17) is 0 Å². The predicted octanol–water partition coefficient (Wildman–Crippen LogP) is 2.04. The second kappa shape index (κ2) is 5.34. The third-order valence-electron chi connectivity index (χ3n) is 1.86. The normalized spacial score (nSPS) is 12.5. The lowest BCUT2D eigenvalue weighted by Crippen LogP contribution is -2.28. The Hall–Kier alpha value is -1.72. The summed E-state index contributed by atoms with van der Waals surface area (Å²) in [5.41, 5.74) is -6.30. The monoisotopic (exact) mass is 308 g/mol. The Bertz CT molecular complexity index is 629. The predicted molar refractivity (Wildman–Crippen MR) is 65.2 cm³/mol. The highest BCUT2D eigenvalue weighted by Crippen LogP contribution is 2.26. The van der Waals surface area contributed by atoms with Crippen LogP contribution in [0.2, 0.25) is 0 Å². The van der Waals surface area contributed by atoms with Crippen molar-refractivity contribution in [2.75, 3.05) is 0 Å². The fourth-order valence-corrected chi connectivity index (χ4v) is 1.45. The summed E-state index contributed by atoms with van der Waals surface area (Å²) in [5, 5.41) is 9.37. The molecule has 0 aromatic heterocycles. The minimum atomic E-state index is -5.68. The second-order valence-corrected chi connectivity index (χ2v) is 5.85. The zero-order valence-corrected chi connectivity index (χ0v) is 11.3. The lowest BCUT2D eigenvalue weighted by Gasteiger charge is -2.09. The number of benzene rings is 1. The number of alkyl halides is 3. The molecule has 1 aromatic carbocycles. The molecule has 1 aromatic rings. The maximum Gasteiger partial charge on any atom is 0.534 e. The van der Waals surface area contributed by atoms with Crippen LogP contribution >= 0.6 is 0 Å². The van der Waals surface area contributed by atoms with Gasteiger partial charge < -0.3 is 9.29 Å². The van der Waals surface area contributed by atoms with Crippen molar-refractivity contribution >= 4 is 10.1 Å². The Morgan fingerprint density at radius 1 is 1.15 bits per heavy atom. The van der Waals surface area contributed by atoms with Gasteiger partial charge in [0.05, 0.1) is 0 Å². The molecule has 110 valence electrons. The van der Waals surface area contributed by atoms with E-state index in [1.54, 1.807) is 0 Å². The Balaban J connectivity index is 2.91. The standard InChI is InChI=1S/C12H11F3O4S/c1-11(2,16)8-7-9-3-5-10(6-4-9)19-20(17,18)12(13,14)15/h3-6,16H,1-2H3. The van der Waals surface area contributed by atoms with Gasteiger partial charge in [0.2, 0.25) is 0 Å². The van der Waals surface area contributed by atoms with E-state index >= 15 is 0 Å². The number of halogens is 3. The summed E-state index contributed by atoms with van der Waals surface area (Å²) in [7, 11) is -5.68. The van der Waals surface area contributed by atoms with Gasteiger partial charge >= 0.3 is 15.6 Å². The molecular formula is C12H11F3O4S. The molecule has 20 heavy (non-hydrogen) atoms. The molecule has 0 heterocycles. The maximum absolute atomic E-state index is 12.1. The molecule has 0 bridgehead atoms. The summed E-state index contributed by atoms with van der Waals surface area (Å²) in [6.07, 6.45) is 0. The molecule has 8 heteroatoms. The van der Waals surface area contributed by atoms with Crippen LogP contribution in [0, 0.1) is 11.8 Å². The highest BCUT2D eigenvalue weighted by molar-refractivity contribution is 7.87. The van der Waals surface area contributed by atoms with Crippen LogP contribution in [0.4, 0.5) is 13.2 Å². The first-order chi connectivity index (χ1) is 8.91. The van der Waals surface area contributed by atoms with Crippen molar-refractivity contribution in [3.63, 3.8) is 0 Å². The molecule has 0 aliphatic rings. The lowest BCUT2D eigenvalue weighted by molar-refractivity contribution is -0.0500. The summed E-state index contributed by atoms with van der Waals surface area (Å²) < 4.78 is 61.7. The van der Waals surface area contributed by atoms with Gasteiger partial charge in [-0.1, -0.05) is 11.8 Å². The van der Waals surface area contributed by atoms with E-state index in [-0.39, 0.29) is 0 Å². The Labute approximate surface area is 114 Å². The van der Waals surface area contributed by atoms with Crippen LogP contribution in [0.1, 0.15) is 19.4 Å². The van der Waals surface area contributed by atoms with Crippen LogP contribution in [0.5, 0.6) is 5.75 Å². The highest BCUT2D eigenvalue weighted by atomic mass is 32.2. The summed E-state index contributed by atoms with van der Waals surface area (Å²) in [6.45, 7) is 2.93. The molecule has 0 saturated carbocycles. The molecule has 1 rings (SSSR count). The van der Waals surface area contributed by atoms with E-state index in [0.29, 0.717) is 5.56 Å². The molecule has 1 N–H and O–H groups in total. The molecule has 0 amide bonds. The van der Waals surface area contributed by atoms with Gasteiger partial charge in [-0.25, -0.2) is 0 Å². The lowest BCUT2D eigenvalue weighted by atomic mass is 10.1. The minimum absolute atomic E-state index is 0.392. The van der Waals surface area contributed by atoms with Gasteiger partial charge in [-0.15, -0.1) is 0 Å². The Morgan fingerprint density at radius 3 is 2.05 bits per heavy atom. The fourth-order valence-electron chi connectivity index (χ4n) is 0.993. The Morgan fingerprint density at radius 2 is 1.65 bits per heavy atom. The largest absolute Gasteiger partial charge is 0.534 e. The maximum atomic E-state index is 12.1. The van der Waals surface area contributed by atoms with Gasteiger partial charge in [-0.3, -0.25) is 0 Å². The average molecular weight is 308 g/mol. The second-order valence-electron chi connectivity index (χ2n) is 4.32. The summed E-state index contributed by atoms with van der Waals surface area (Å²) in [6, 6.07) is 4.63. The number of hydrogen-bond donors (Lipinski definition) is 1. The van der Waals surface area contributed by atoms with Gasteiger partial charge in [-0.05, 0) is 38.1 Å². The molecule has 0 aliphatic heterocycles. The third-order valence-corrected chi connectivity index (χ3v) is 2.84. The van der Waals surface area contributed by atoms with E-state index in [1.807, 2.05) is 0 Å². The summed E-state index contributed by atoms with van der Waals surface area (Å²) in [5.74, 6) is 4.60.